The maximum atomic E-state index is 13.3. The van der Waals surface area contributed by atoms with Crippen LogP contribution in [0.15, 0.2) is 40.9 Å². The highest BCUT2D eigenvalue weighted by Crippen LogP contribution is 2.29. The van der Waals surface area contributed by atoms with Crippen LogP contribution in [0, 0.1) is 17.1 Å². The van der Waals surface area contributed by atoms with E-state index < -0.39 is 5.82 Å². The Labute approximate surface area is 117 Å². The van der Waals surface area contributed by atoms with E-state index in [0.29, 0.717) is 16.4 Å². The van der Waals surface area contributed by atoms with Crippen LogP contribution in [-0.4, -0.2) is 0 Å². The van der Waals surface area contributed by atoms with Crippen LogP contribution in [0.2, 0.25) is 5.02 Å². The van der Waals surface area contributed by atoms with Crippen molar-refractivity contribution >= 4 is 38.9 Å². The molecule has 2 rings (SSSR count). The highest BCUT2D eigenvalue weighted by molar-refractivity contribution is 9.10. The quantitative estimate of drug-likeness (QED) is 0.856. The first-order valence-electron chi connectivity index (χ1n) is 5.01. The van der Waals surface area contributed by atoms with Gasteiger partial charge < -0.3 is 5.32 Å². The minimum absolute atomic E-state index is 0.253. The smallest absolute Gasteiger partial charge is 0.126 e. The maximum absolute atomic E-state index is 13.3. The van der Waals surface area contributed by atoms with Gasteiger partial charge in [-0.15, -0.1) is 0 Å². The van der Waals surface area contributed by atoms with Gasteiger partial charge in [0.15, 0.2) is 0 Å². The number of benzene rings is 2. The van der Waals surface area contributed by atoms with E-state index in [1.807, 2.05) is 6.07 Å². The molecule has 0 fully saturated rings. The number of nitriles is 1. The first kappa shape index (κ1) is 12.9. The summed E-state index contributed by atoms with van der Waals surface area (Å²) in [5.74, 6) is -0.470. The molecule has 0 radical (unpaired) electrons. The molecule has 2 aromatic rings. The van der Waals surface area contributed by atoms with Crippen LogP contribution < -0.4 is 5.32 Å². The number of rotatable bonds is 2. The van der Waals surface area contributed by atoms with Crippen LogP contribution in [0.1, 0.15) is 5.56 Å². The Morgan fingerprint density at radius 2 is 2.00 bits per heavy atom. The fraction of sp³-hybridized carbons (Fsp3) is 0. The lowest BCUT2D eigenvalue weighted by Crippen LogP contribution is -1.93. The molecule has 0 atom stereocenters. The second-order valence-corrected chi connectivity index (χ2v) is 4.91. The monoisotopic (exact) mass is 324 g/mol. The van der Waals surface area contributed by atoms with E-state index in [9.17, 15) is 4.39 Å². The zero-order chi connectivity index (χ0) is 13.1. The van der Waals surface area contributed by atoms with E-state index in [0.717, 1.165) is 4.47 Å². The van der Waals surface area contributed by atoms with Gasteiger partial charge >= 0.3 is 0 Å². The fourth-order valence-electron chi connectivity index (χ4n) is 1.48. The van der Waals surface area contributed by atoms with Gasteiger partial charge in [-0.05, 0) is 36.4 Å². The average molecular weight is 326 g/mol. The summed E-state index contributed by atoms with van der Waals surface area (Å²) in [6, 6.07) is 11.2. The summed E-state index contributed by atoms with van der Waals surface area (Å²) in [4.78, 5) is 0. The molecule has 0 aliphatic carbocycles. The molecular weight excluding hydrogens is 319 g/mol. The maximum Gasteiger partial charge on any atom is 0.126 e. The number of nitrogens with one attached hydrogen (secondary N) is 1. The summed E-state index contributed by atoms with van der Waals surface area (Å²) < 4.78 is 14.1. The van der Waals surface area contributed by atoms with Gasteiger partial charge in [0.2, 0.25) is 0 Å². The third-order valence-electron chi connectivity index (χ3n) is 2.23. The topological polar surface area (TPSA) is 35.8 Å². The predicted octanol–water partition coefficient (Wildman–Crippen LogP) is 4.86. The van der Waals surface area contributed by atoms with Gasteiger partial charge in [-0.2, -0.15) is 5.26 Å². The van der Waals surface area contributed by atoms with Crippen molar-refractivity contribution in [3.8, 4) is 6.07 Å². The first-order chi connectivity index (χ1) is 8.58. The molecule has 5 heteroatoms. The third-order valence-corrected chi connectivity index (χ3v) is 3.06. The van der Waals surface area contributed by atoms with Crippen molar-refractivity contribution in [1.29, 1.82) is 5.26 Å². The van der Waals surface area contributed by atoms with E-state index >= 15 is 0 Å². The van der Waals surface area contributed by atoms with Gasteiger partial charge in [0.25, 0.3) is 0 Å². The molecule has 2 aromatic carbocycles. The van der Waals surface area contributed by atoms with Gasteiger partial charge in [-0.25, -0.2) is 4.39 Å². The molecule has 2 nitrogen and oxygen atoms in total. The van der Waals surface area contributed by atoms with E-state index in [1.165, 1.54) is 12.1 Å². The van der Waals surface area contributed by atoms with Crippen molar-refractivity contribution in [2.24, 2.45) is 0 Å². The molecular formula is C13H7BrClFN2. The van der Waals surface area contributed by atoms with Crippen LogP contribution in [0.25, 0.3) is 0 Å². The van der Waals surface area contributed by atoms with Crippen LogP contribution in [0.3, 0.4) is 0 Å². The summed E-state index contributed by atoms with van der Waals surface area (Å²) in [5.41, 5.74) is 1.37. The van der Waals surface area contributed by atoms with E-state index in [4.69, 9.17) is 16.9 Å². The Morgan fingerprint density at radius 3 is 2.72 bits per heavy atom. The molecule has 0 aromatic heterocycles. The molecule has 0 saturated carbocycles. The number of hydrogen-bond acceptors (Lipinski definition) is 2. The molecule has 0 heterocycles. The lowest BCUT2D eigenvalue weighted by molar-refractivity contribution is 0.628. The van der Waals surface area contributed by atoms with Crippen LogP contribution in [0.5, 0.6) is 0 Å². The Hall–Kier alpha value is -1.57. The molecule has 18 heavy (non-hydrogen) atoms. The van der Waals surface area contributed by atoms with Crippen molar-refractivity contribution in [2.45, 2.75) is 0 Å². The van der Waals surface area contributed by atoms with Crippen molar-refractivity contribution in [2.75, 3.05) is 5.32 Å². The van der Waals surface area contributed by atoms with E-state index in [1.54, 1.807) is 24.3 Å². The number of hydrogen-bond donors (Lipinski definition) is 1. The summed E-state index contributed by atoms with van der Waals surface area (Å²) in [6.45, 7) is 0. The summed E-state index contributed by atoms with van der Waals surface area (Å²) in [5, 5.41) is 12.3. The van der Waals surface area contributed by atoms with Gasteiger partial charge in [0, 0.05) is 10.2 Å². The molecule has 0 unspecified atom stereocenters. The largest absolute Gasteiger partial charge is 0.354 e. The molecule has 0 spiro atoms. The lowest BCUT2D eigenvalue weighted by atomic mass is 10.2. The van der Waals surface area contributed by atoms with Crippen molar-refractivity contribution in [3.63, 3.8) is 0 Å². The van der Waals surface area contributed by atoms with E-state index in [-0.39, 0.29) is 5.56 Å². The van der Waals surface area contributed by atoms with E-state index in [2.05, 4.69) is 21.2 Å². The van der Waals surface area contributed by atoms with Gasteiger partial charge in [0.05, 0.1) is 22.3 Å². The van der Waals surface area contributed by atoms with Gasteiger partial charge in [-0.1, -0.05) is 27.5 Å². The Balaban J connectivity index is 2.37. The molecule has 0 aliphatic heterocycles. The molecule has 0 amide bonds. The SMILES string of the molecule is N#Cc1cc(F)cc(Nc2cc(Br)ccc2Cl)c1. The molecule has 90 valence electrons. The first-order valence-corrected chi connectivity index (χ1v) is 6.18. The van der Waals surface area contributed by atoms with Crippen LogP contribution >= 0.6 is 27.5 Å². The predicted molar refractivity (Wildman–Crippen MR) is 73.5 cm³/mol. The minimum Gasteiger partial charge on any atom is -0.354 e. The summed E-state index contributed by atoms with van der Waals surface area (Å²) in [7, 11) is 0. The van der Waals surface area contributed by atoms with Crippen molar-refractivity contribution < 1.29 is 4.39 Å². The van der Waals surface area contributed by atoms with Gasteiger partial charge in [-0.3, -0.25) is 0 Å². The zero-order valence-corrected chi connectivity index (χ0v) is 11.4. The minimum atomic E-state index is -0.470. The van der Waals surface area contributed by atoms with Crippen molar-refractivity contribution in [3.05, 3.63) is 57.3 Å². The Morgan fingerprint density at radius 1 is 1.22 bits per heavy atom. The molecule has 0 aliphatic rings. The average Bonchev–Trinajstić information content (AvgIpc) is 2.33. The second-order valence-electron chi connectivity index (χ2n) is 3.59. The Kier molecular flexibility index (Phi) is 3.85. The highest BCUT2D eigenvalue weighted by atomic mass is 79.9. The number of anilines is 2. The lowest BCUT2D eigenvalue weighted by Gasteiger charge is -2.09. The van der Waals surface area contributed by atoms with Crippen LogP contribution in [0.4, 0.5) is 15.8 Å². The fourth-order valence-corrected chi connectivity index (χ4v) is 2.00. The van der Waals surface area contributed by atoms with Gasteiger partial charge in [0.1, 0.15) is 5.82 Å². The third kappa shape index (κ3) is 3.00. The summed E-state index contributed by atoms with van der Waals surface area (Å²) >= 11 is 9.34. The number of nitrogens with zero attached hydrogens (tertiary/aromatic N) is 1. The van der Waals surface area contributed by atoms with Crippen molar-refractivity contribution in [1.82, 2.24) is 0 Å². The zero-order valence-electron chi connectivity index (χ0n) is 9.05. The van der Waals surface area contributed by atoms with Crippen LogP contribution in [-0.2, 0) is 0 Å². The standard InChI is InChI=1S/C13H7BrClFN2/c14-9-1-2-12(15)13(5-9)18-11-4-8(7-17)3-10(16)6-11/h1-6,18H. The molecule has 1 N–H and O–H groups in total. The Bertz CT molecular complexity index is 637. The number of halogens is 3. The molecule has 0 bridgehead atoms. The summed E-state index contributed by atoms with van der Waals surface area (Å²) in [6.07, 6.45) is 0. The highest BCUT2D eigenvalue weighted by Gasteiger charge is 2.04. The normalized spacial score (nSPS) is 9.89. The second kappa shape index (κ2) is 5.38. The molecule has 0 saturated heterocycles.